The van der Waals surface area contributed by atoms with Crippen LogP contribution in [0.25, 0.3) is 0 Å². The molecule has 0 saturated carbocycles. The largest absolute Gasteiger partial charge is 0.506 e. The van der Waals surface area contributed by atoms with Crippen LogP contribution in [0.1, 0.15) is 5.56 Å². The van der Waals surface area contributed by atoms with Crippen LogP contribution in [0.5, 0.6) is 17.2 Å². The molecule has 3 N–H and O–H groups in total. The van der Waals surface area contributed by atoms with Crippen molar-refractivity contribution < 1.29 is 9.84 Å². The van der Waals surface area contributed by atoms with Crippen molar-refractivity contribution in [3.05, 3.63) is 53.1 Å². The Morgan fingerprint density at radius 2 is 1.82 bits per heavy atom. The second-order valence-electron chi connectivity index (χ2n) is 3.54. The highest BCUT2D eigenvalue weighted by atomic mass is 35.5. The second kappa shape index (κ2) is 5.08. The van der Waals surface area contributed by atoms with Gasteiger partial charge >= 0.3 is 0 Å². The van der Waals surface area contributed by atoms with Gasteiger partial charge in [-0.2, -0.15) is 0 Å². The van der Waals surface area contributed by atoms with Gasteiger partial charge in [-0.05, 0) is 29.8 Å². The molecule has 0 aliphatic rings. The molecule has 2 rings (SSSR count). The molecular formula is C13H12ClNO2. The molecule has 0 aliphatic heterocycles. The Hall–Kier alpha value is -1.71. The zero-order valence-electron chi connectivity index (χ0n) is 9.06. The van der Waals surface area contributed by atoms with Crippen LogP contribution in [-0.2, 0) is 6.54 Å². The van der Waals surface area contributed by atoms with Crippen molar-refractivity contribution >= 4 is 11.6 Å². The van der Waals surface area contributed by atoms with E-state index >= 15 is 0 Å². The first-order valence-corrected chi connectivity index (χ1v) is 5.53. The highest BCUT2D eigenvalue weighted by molar-refractivity contribution is 6.33. The topological polar surface area (TPSA) is 55.5 Å². The maximum atomic E-state index is 9.43. The molecule has 0 spiro atoms. The Kier molecular flexibility index (Phi) is 3.52. The van der Waals surface area contributed by atoms with Gasteiger partial charge in [-0.3, -0.25) is 0 Å². The summed E-state index contributed by atoms with van der Waals surface area (Å²) in [4.78, 5) is 0. The molecule has 88 valence electrons. The van der Waals surface area contributed by atoms with Gasteiger partial charge in [0.2, 0.25) is 0 Å². The van der Waals surface area contributed by atoms with Crippen molar-refractivity contribution in [3.63, 3.8) is 0 Å². The minimum Gasteiger partial charge on any atom is -0.506 e. The third-order valence-corrected chi connectivity index (χ3v) is 2.71. The highest BCUT2D eigenvalue weighted by Gasteiger charge is 2.06. The van der Waals surface area contributed by atoms with Crippen molar-refractivity contribution in [3.8, 4) is 17.2 Å². The van der Waals surface area contributed by atoms with Crippen molar-refractivity contribution in [1.29, 1.82) is 0 Å². The van der Waals surface area contributed by atoms with Crippen LogP contribution in [0, 0.1) is 0 Å². The summed E-state index contributed by atoms with van der Waals surface area (Å²) >= 11 is 5.91. The average molecular weight is 250 g/mol. The summed E-state index contributed by atoms with van der Waals surface area (Å²) in [7, 11) is 0. The number of phenolic OH excluding ortho intramolecular Hbond substituents is 1. The molecule has 0 amide bonds. The Balaban J connectivity index is 2.22. The molecule has 0 aliphatic carbocycles. The molecule has 4 heteroatoms. The first-order valence-electron chi connectivity index (χ1n) is 5.15. The molecule has 0 saturated heterocycles. The SMILES string of the molecule is NCc1ccc(Oc2cccc(O)c2Cl)cc1. The van der Waals surface area contributed by atoms with E-state index in [2.05, 4.69) is 0 Å². The van der Waals surface area contributed by atoms with Gasteiger partial charge in [-0.25, -0.2) is 0 Å². The number of nitrogens with two attached hydrogens (primary N) is 1. The Bertz CT molecular complexity index is 511. The standard InChI is InChI=1S/C13H12ClNO2/c14-13-11(16)2-1-3-12(13)17-10-6-4-9(8-15)5-7-10/h1-7,16H,8,15H2. The lowest BCUT2D eigenvalue weighted by Crippen LogP contribution is -1.95. The first-order chi connectivity index (χ1) is 8.20. The van der Waals surface area contributed by atoms with Gasteiger partial charge in [0.25, 0.3) is 0 Å². The van der Waals surface area contributed by atoms with Gasteiger partial charge < -0.3 is 15.6 Å². The predicted molar refractivity (Wildman–Crippen MR) is 67.5 cm³/mol. The quantitative estimate of drug-likeness (QED) is 0.878. The fraction of sp³-hybridized carbons (Fsp3) is 0.0769. The van der Waals surface area contributed by atoms with E-state index in [1.807, 2.05) is 24.3 Å². The van der Waals surface area contributed by atoms with Gasteiger partial charge in [-0.15, -0.1) is 0 Å². The van der Waals surface area contributed by atoms with E-state index in [1.165, 1.54) is 6.07 Å². The number of ether oxygens (including phenoxy) is 1. The van der Waals surface area contributed by atoms with Crippen LogP contribution in [0.15, 0.2) is 42.5 Å². The molecule has 17 heavy (non-hydrogen) atoms. The van der Waals surface area contributed by atoms with Gasteiger partial charge in [0.15, 0.2) is 0 Å². The molecule has 3 nitrogen and oxygen atoms in total. The molecule has 0 radical (unpaired) electrons. The van der Waals surface area contributed by atoms with E-state index in [1.54, 1.807) is 12.1 Å². The fourth-order valence-corrected chi connectivity index (χ4v) is 1.56. The first kappa shape index (κ1) is 11.8. The Morgan fingerprint density at radius 1 is 1.12 bits per heavy atom. The molecule has 0 atom stereocenters. The predicted octanol–water partition coefficient (Wildman–Crippen LogP) is 3.30. The average Bonchev–Trinajstić information content (AvgIpc) is 2.36. The van der Waals surface area contributed by atoms with Crippen LogP contribution in [0.2, 0.25) is 5.02 Å². The monoisotopic (exact) mass is 249 g/mol. The van der Waals surface area contributed by atoms with Crippen molar-refractivity contribution in [2.45, 2.75) is 6.54 Å². The Morgan fingerprint density at radius 3 is 2.47 bits per heavy atom. The summed E-state index contributed by atoms with van der Waals surface area (Å²) in [6, 6.07) is 12.2. The van der Waals surface area contributed by atoms with Crippen LogP contribution in [0.4, 0.5) is 0 Å². The van der Waals surface area contributed by atoms with Crippen molar-refractivity contribution in [1.82, 2.24) is 0 Å². The summed E-state index contributed by atoms with van der Waals surface area (Å²) in [6.07, 6.45) is 0. The number of aromatic hydroxyl groups is 1. The zero-order valence-corrected chi connectivity index (χ0v) is 9.82. The number of benzene rings is 2. The number of halogens is 1. The minimum atomic E-state index is 0.00254. The summed E-state index contributed by atoms with van der Waals surface area (Å²) < 4.78 is 5.56. The number of hydrogen-bond donors (Lipinski definition) is 2. The van der Waals surface area contributed by atoms with E-state index in [0.717, 1.165) is 5.56 Å². The third kappa shape index (κ3) is 2.70. The van der Waals surface area contributed by atoms with Gasteiger partial charge in [-0.1, -0.05) is 29.8 Å². The summed E-state index contributed by atoms with van der Waals surface area (Å²) in [5, 5.41) is 9.64. The smallest absolute Gasteiger partial charge is 0.149 e. The molecule has 2 aromatic carbocycles. The van der Waals surface area contributed by atoms with E-state index in [4.69, 9.17) is 22.1 Å². The normalized spacial score (nSPS) is 10.2. The number of hydrogen-bond acceptors (Lipinski definition) is 3. The van der Waals surface area contributed by atoms with Crippen LogP contribution in [0.3, 0.4) is 0 Å². The third-order valence-electron chi connectivity index (χ3n) is 2.33. The molecule has 0 unspecified atom stereocenters. The molecular weight excluding hydrogens is 238 g/mol. The van der Waals surface area contributed by atoms with E-state index < -0.39 is 0 Å². The van der Waals surface area contributed by atoms with Crippen LogP contribution in [-0.4, -0.2) is 5.11 Å². The fourth-order valence-electron chi connectivity index (χ4n) is 1.40. The molecule has 0 fully saturated rings. The van der Waals surface area contributed by atoms with Gasteiger partial charge in [0, 0.05) is 6.54 Å². The zero-order chi connectivity index (χ0) is 12.3. The number of phenols is 1. The van der Waals surface area contributed by atoms with Gasteiger partial charge in [0.05, 0.1) is 0 Å². The maximum absolute atomic E-state index is 9.43. The highest BCUT2D eigenvalue weighted by Crippen LogP contribution is 2.35. The Labute approximate surface area is 104 Å². The van der Waals surface area contributed by atoms with E-state index in [-0.39, 0.29) is 10.8 Å². The van der Waals surface area contributed by atoms with E-state index in [0.29, 0.717) is 18.0 Å². The molecule has 0 bridgehead atoms. The lowest BCUT2D eigenvalue weighted by atomic mass is 10.2. The van der Waals surface area contributed by atoms with Crippen LogP contribution >= 0.6 is 11.6 Å². The second-order valence-corrected chi connectivity index (χ2v) is 3.92. The summed E-state index contributed by atoms with van der Waals surface area (Å²) in [6.45, 7) is 0.493. The lowest BCUT2D eigenvalue weighted by Gasteiger charge is -2.08. The maximum Gasteiger partial charge on any atom is 0.149 e. The van der Waals surface area contributed by atoms with Crippen LogP contribution < -0.4 is 10.5 Å². The minimum absolute atomic E-state index is 0.00254. The van der Waals surface area contributed by atoms with E-state index in [9.17, 15) is 5.11 Å². The van der Waals surface area contributed by atoms with Crippen molar-refractivity contribution in [2.75, 3.05) is 0 Å². The summed E-state index contributed by atoms with van der Waals surface area (Å²) in [5.74, 6) is 1.07. The van der Waals surface area contributed by atoms with Crippen molar-refractivity contribution in [2.24, 2.45) is 5.73 Å². The molecule has 2 aromatic rings. The molecule has 0 heterocycles. The molecule has 0 aromatic heterocycles. The lowest BCUT2D eigenvalue weighted by molar-refractivity contribution is 0.455. The summed E-state index contributed by atoms with van der Waals surface area (Å²) in [5.41, 5.74) is 6.53. The van der Waals surface area contributed by atoms with Gasteiger partial charge in [0.1, 0.15) is 22.3 Å². The number of rotatable bonds is 3.